The minimum absolute atomic E-state index is 0.0267. The Labute approximate surface area is 80.9 Å². The monoisotopic (exact) mass is 199 g/mol. The molecule has 0 bridgehead atoms. The van der Waals surface area contributed by atoms with Crippen molar-refractivity contribution < 1.29 is 9.84 Å². The molecule has 0 aliphatic carbocycles. The van der Waals surface area contributed by atoms with E-state index in [1.807, 2.05) is 0 Å². The molecule has 1 heterocycles. The summed E-state index contributed by atoms with van der Waals surface area (Å²) in [6.45, 7) is 1.75. The highest BCUT2D eigenvalue weighted by Gasteiger charge is 2.02. The van der Waals surface area contributed by atoms with Gasteiger partial charge >= 0.3 is 5.69 Å². The van der Waals surface area contributed by atoms with E-state index >= 15 is 0 Å². The lowest BCUT2D eigenvalue weighted by atomic mass is 10.5. The summed E-state index contributed by atoms with van der Waals surface area (Å²) in [5.74, 6) is 0.169. The van der Waals surface area contributed by atoms with E-state index in [1.165, 1.54) is 16.8 Å². The van der Waals surface area contributed by atoms with Crippen LogP contribution in [0.1, 0.15) is 13.3 Å². The molecule has 3 N–H and O–H groups in total. The van der Waals surface area contributed by atoms with E-state index in [-0.39, 0.29) is 12.5 Å². The topological polar surface area (TPSA) is 90.4 Å². The second-order valence-corrected chi connectivity index (χ2v) is 2.76. The lowest BCUT2D eigenvalue weighted by molar-refractivity contribution is -0.127. The van der Waals surface area contributed by atoms with Crippen molar-refractivity contribution in [3.63, 3.8) is 0 Å². The van der Waals surface area contributed by atoms with Gasteiger partial charge in [-0.15, -0.1) is 0 Å². The van der Waals surface area contributed by atoms with Gasteiger partial charge in [0.2, 0.25) is 0 Å². The molecule has 0 aliphatic heterocycles. The smallest absolute Gasteiger partial charge is 0.351 e. The largest absolute Gasteiger partial charge is 0.383 e. The van der Waals surface area contributed by atoms with Crippen LogP contribution in [0, 0.1) is 0 Å². The number of nitrogens with zero attached hydrogens (tertiary/aromatic N) is 2. The van der Waals surface area contributed by atoms with E-state index in [4.69, 9.17) is 15.6 Å². The van der Waals surface area contributed by atoms with Crippen LogP contribution in [0.2, 0.25) is 0 Å². The fourth-order valence-corrected chi connectivity index (χ4v) is 0.824. The minimum Gasteiger partial charge on any atom is -0.383 e. The maximum absolute atomic E-state index is 11.2. The molecule has 0 saturated heterocycles. The summed E-state index contributed by atoms with van der Waals surface area (Å²) in [6.07, 6.45) is 1.07. The SMILES string of the molecule is CC[C@@H](O)OCn1ccc(N)nc1=O. The first-order valence-electron chi connectivity index (χ1n) is 4.26. The molecule has 1 rings (SSSR count). The molecule has 0 aromatic carbocycles. The Morgan fingerprint density at radius 3 is 3.07 bits per heavy atom. The van der Waals surface area contributed by atoms with Crippen LogP contribution < -0.4 is 11.4 Å². The molecule has 78 valence electrons. The van der Waals surface area contributed by atoms with Gasteiger partial charge < -0.3 is 15.6 Å². The first-order chi connectivity index (χ1) is 6.63. The van der Waals surface area contributed by atoms with Crippen molar-refractivity contribution in [3.05, 3.63) is 22.7 Å². The summed E-state index contributed by atoms with van der Waals surface area (Å²) in [7, 11) is 0. The van der Waals surface area contributed by atoms with E-state index in [1.54, 1.807) is 6.92 Å². The number of hydrogen-bond acceptors (Lipinski definition) is 5. The fraction of sp³-hybridized carbons (Fsp3) is 0.500. The van der Waals surface area contributed by atoms with Crippen LogP contribution in [0.25, 0.3) is 0 Å². The first kappa shape index (κ1) is 10.7. The molecule has 0 spiro atoms. The average Bonchev–Trinajstić information content (AvgIpc) is 2.16. The molecule has 0 fully saturated rings. The zero-order valence-electron chi connectivity index (χ0n) is 7.88. The summed E-state index contributed by atoms with van der Waals surface area (Å²) in [5, 5.41) is 9.08. The standard InChI is InChI=1S/C8H13N3O3/c1-2-7(12)14-5-11-4-3-6(9)10-8(11)13/h3-4,7,12H,2,5H2,1H3,(H2,9,10,13)/t7-/m0/s1. The highest BCUT2D eigenvalue weighted by Crippen LogP contribution is 1.95. The molecular formula is C8H13N3O3. The Kier molecular flexibility index (Phi) is 3.61. The van der Waals surface area contributed by atoms with Crippen molar-refractivity contribution >= 4 is 5.82 Å². The van der Waals surface area contributed by atoms with Crippen molar-refractivity contribution in [2.75, 3.05) is 5.73 Å². The normalized spacial score (nSPS) is 12.7. The van der Waals surface area contributed by atoms with Crippen molar-refractivity contribution in [3.8, 4) is 0 Å². The van der Waals surface area contributed by atoms with E-state index in [9.17, 15) is 4.79 Å². The number of aliphatic hydroxyl groups is 1. The van der Waals surface area contributed by atoms with E-state index in [0.29, 0.717) is 6.42 Å². The van der Waals surface area contributed by atoms with E-state index < -0.39 is 12.0 Å². The number of nitrogens with two attached hydrogens (primary N) is 1. The molecule has 1 aromatic rings. The molecule has 0 saturated carbocycles. The Hall–Kier alpha value is -1.40. The van der Waals surface area contributed by atoms with Gasteiger partial charge in [-0.1, -0.05) is 6.92 Å². The molecular weight excluding hydrogens is 186 g/mol. The predicted molar refractivity (Wildman–Crippen MR) is 50.3 cm³/mol. The van der Waals surface area contributed by atoms with Crippen molar-refractivity contribution in [1.29, 1.82) is 0 Å². The molecule has 14 heavy (non-hydrogen) atoms. The quantitative estimate of drug-likeness (QED) is 0.639. The molecule has 0 amide bonds. The average molecular weight is 199 g/mol. The fourth-order valence-electron chi connectivity index (χ4n) is 0.824. The van der Waals surface area contributed by atoms with Gasteiger partial charge in [0.1, 0.15) is 12.5 Å². The number of ether oxygens (including phenoxy) is 1. The third kappa shape index (κ3) is 2.82. The van der Waals surface area contributed by atoms with Crippen molar-refractivity contribution in [1.82, 2.24) is 9.55 Å². The number of aromatic nitrogens is 2. The zero-order chi connectivity index (χ0) is 10.6. The molecule has 0 unspecified atom stereocenters. The van der Waals surface area contributed by atoms with Gasteiger partial charge in [0, 0.05) is 6.20 Å². The lowest BCUT2D eigenvalue weighted by Crippen LogP contribution is -2.26. The van der Waals surface area contributed by atoms with Crippen LogP contribution in [0.5, 0.6) is 0 Å². The maximum Gasteiger partial charge on any atom is 0.351 e. The molecule has 6 heteroatoms. The Morgan fingerprint density at radius 2 is 2.50 bits per heavy atom. The minimum atomic E-state index is -0.862. The van der Waals surface area contributed by atoms with E-state index in [2.05, 4.69) is 4.98 Å². The zero-order valence-corrected chi connectivity index (χ0v) is 7.88. The van der Waals surface area contributed by atoms with Gasteiger partial charge in [-0.2, -0.15) is 4.98 Å². The molecule has 0 radical (unpaired) electrons. The number of rotatable bonds is 4. The number of aliphatic hydroxyl groups excluding tert-OH is 1. The van der Waals surface area contributed by atoms with Crippen LogP contribution in [0.15, 0.2) is 17.1 Å². The third-order valence-electron chi connectivity index (χ3n) is 1.65. The van der Waals surface area contributed by atoms with Gasteiger partial charge in [-0.25, -0.2) is 4.79 Å². The van der Waals surface area contributed by atoms with E-state index in [0.717, 1.165) is 0 Å². The van der Waals surface area contributed by atoms with Gasteiger partial charge in [0.15, 0.2) is 6.29 Å². The van der Waals surface area contributed by atoms with Gasteiger partial charge in [0.05, 0.1) is 0 Å². The van der Waals surface area contributed by atoms with Gasteiger partial charge in [-0.05, 0) is 12.5 Å². The second-order valence-electron chi connectivity index (χ2n) is 2.76. The molecule has 1 aromatic heterocycles. The van der Waals surface area contributed by atoms with Crippen LogP contribution in [-0.2, 0) is 11.5 Å². The summed E-state index contributed by atoms with van der Waals surface area (Å²) in [6, 6.07) is 1.49. The molecule has 6 nitrogen and oxygen atoms in total. The van der Waals surface area contributed by atoms with Crippen LogP contribution in [0.3, 0.4) is 0 Å². The van der Waals surface area contributed by atoms with Crippen LogP contribution >= 0.6 is 0 Å². The number of anilines is 1. The summed E-state index contributed by atoms with van der Waals surface area (Å²) in [4.78, 5) is 14.7. The molecule has 1 atom stereocenters. The number of hydrogen-bond donors (Lipinski definition) is 2. The summed E-state index contributed by atoms with van der Waals surface area (Å²) >= 11 is 0. The second kappa shape index (κ2) is 4.73. The third-order valence-corrected chi connectivity index (χ3v) is 1.65. The van der Waals surface area contributed by atoms with Crippen molar-refractivity contribution in [2.24, 2.45) is 0 Å². The summed E-state index contributed by atoms with van der Waals surface area (Å²) in [5.41, 5.74) is 4.80. The van der Waals surface area contributed by atoms with Gasteiger partial charge in [-0.3, -0.25) is 4.57 Å². The highest BCUT2D eigenvalue weighted by molar-refractivity contribution is 5.23. The maximum atomic E-state index is 11.2. The highest BCUT2D eigenvalue weighted by atomic mass is 16.6. The van der Waals surface area contributed by atoms with Crippen LogP contribution in [-0.4, -0.2) is 20.9 Å². The first-order valence-corrected chi connectivity index (χ1v) is 4.26. The Balaban J connectivity index is 2.64. The molecule has 0 aliphatic rings. The van der Waals surface area contributed by atoms with Gasteiger partial charge in [0.25, 0.3) is 0 Å². The Bertz CT molecular complexity index is 350. The Morgan fingerprint density at radius 1 is 1.79 bits per heavy atom. The van der Waals surface area contributed by atoms with Crippen molar-refractivity contribution in [2.45, 2.75) is 26.4 Å². The lowest BCUT2D eigenvalue weighted by Gasteiger charge is -2.10. The summed E-state index contributed by atoms with van der Waals surface area (Å²) < 4.78 is 6.15. The van der Waals surface area contributed by atoms with Crippen LogP contribution in [0.4, 0.5) is 5.82 Å². The number of nitrogen functional groups attached to an aromatic ring is 1. The predicted octanol–water partition coefficient (Wildman–Crippen LogP) is -0.472.